The monoisotopic (exact) mass is 219 g/mol. The van der Waals surface area contributed by atoms with Gasteiger partial charge < -0.3 is 5.32 Å². The Morgan fingerprint density at radius 2 is 2.06 bits per heavy atom. The zero-order chi connectivity index (χ0) is 11.5. The molecule has 1 aliphatic rings. The number of aryl methyl sites for hydroxylation is 1. The molecule has 0 saturated carbocycles. The smallest absolute Gasteiger partial charge is 0.251 e. The van der Waals surface area contributed by atoms with E-state index < -0.39 is 0 Å². The molecule has 0 heterocycles. The van der Waals surface area contributed by atoms with Crippen molar-refractivity contribution in [2.24, 2.45) is 0 Å². The predicted molar refractivity (Wildman–Crippen MR) is 60.8 cm³/mol. The lowest BCUT2D eigenvalue weighted by molar-refractivity contribution is 0.0938. The topological polar surface area (TPSA) is 29.1 Å². The molecule has 16 heavy (non-hydrogen) atoms. The first kappa shape index (κ1) is 10.9. The molecule has 0 saturated heterocycles. The summed E-state index contributed by atoms with van der Waals surface area (Å²) in [5.74, 6) is -0.428. The van der Waals surface area contributed by atoms with Crippen LogP contribution in [-0.4, -0.2) is 11.9 Å². The molecule has 0 bridgehead atoms. The molecule has 84 valence electrons. The van der Waals surface area contributed by atoms with Crippen LogP contribution in [0.3, 0.4) is 0 Å². The second-order valence-corrected chi connectivity index (χ2v) is 4.07. The lowest BCUT2D eigenvalue weighted by Gasteiger charge is -2.13. The molecule has 0 fully saturated rings. The molecule has 0 radical (unpaired) electrons. The van der Waals surface area contributed by atoms with Crippen LogP contribution in [0.15, 0.2) is 30.4 Å². The van der Waals surface area contributed by atoms with E-state index in [1.807, 2.05) is 0 Å². The minimum Gasteiger partial charge on any atom is -0.349 e. The van der Waals surface area contributed by atoms with E-state index in [2.05, 4.69) is 17.5 Å². The molecule has 0 spiro atoms. The summed E-state index contributed by atoms with van der Waals surface area (Å²) in [6.45, 7) is 1.74. The average molecular weight is 219 g/mol. The molecule has 0 aromatic heterocycles. The maximum atomic E-state index is 12.9. The number of hydrogen-bond acceptors (Lipinski definition) is 1. The van der Waals surface area contributed by atoms with Crippen LogP contribution in [-0.2, 0) is 0 Å². The summed E-state index contributed by atoms with van der Waals surface area (Å²) >= 11 is 0. The molecule has 2 rings (SSSR count). The van der Waals surface area contributed by atoms with Gasteiger partial charge in [-0.3, -0.25) is 4.79 Å². The molecule has 0 aliphatic heterocycles. The molecular weight excluding hydrogens is 205 g/mol. The maximum absolute atomic E-state index is 12.9. The third-order valence-electron chi connectivity index (χ3n) is 2.78. The van der Waals surface area contributed by atoms with E-state index in [-0.39, 0.29) is 17.8 Å². The second kappa shape index (κ2) is 4.47. The Morgan fingerprint density at radius 1 is 1.38 bits per heavy atom. The molecular formula is C13H14FNO. The molecule has 0 atom stereocenters. The van der Waals surface area contributed by atoms with Crippen LogP contribution in [0.25, 0.3) is 0 Å². The fourth-order valence-electron chi connectivity index (χ4n) is 1.88. The molecule has 0 unspecified atom stereocenters. The number of carbonyl (C=O) groups is 1. The van der Waals surface area contributed by atoms with Crippen LogP contribution < -0.4 is 5.32 Å². The van der Waals surface area contributed by atoms with E-state index in [4.69, 9.17) is 0 Å². The van der Waals surface area contributed by atoms with Gasteiger partial charge in [-0.2, -0.15) is 0 Å². The van der Waals surface area contributed by atoms with Gasteiger partial charge in [-0.15, -0.1) is 0 Å². The summed E-state index contributed by atoms with van der Waals surface area (Å²) in [6, 6.07) is 4.41. The Labute approximate surface area is 94.2 Å². The standard InChI is InChI=1S/C13H14FNO/c1-9-8-10(14)6-7-12(9)13(16)15-11-4-2-3-5-11/h2-3,6-8,11H,4-5H2,1H3,(H,15,16). The van der Waals surface area contributed by atoms with Gasteiger partial charge in [0.15, 0.2) is 0 Å². The second-order valence-electron chi connectivity index (χ2n) is 4.07. The van der Waals surface area contributed by atoms with Crippen molar-refractivity contribution in [3.8, 4) is 0 Å². The highest BCUT2D eigenvalue weighted by Crippen LogP contribution is 2.13. The van der Waals surface area contributed by atoms with Gasteiger partial charge in [0, 0.05) is 11.6 Å². The van der Waals surface area contributed by atoms with Crippen molar-refractivity contribution in [1.82, 2.24) is 5.32 Å². The van der Waals surface area contributed by atoms with Gasteiger partial charge in [-0.25, -0.2) is 4.39 Å². The van der Waals surface area contributed by atoms with Crippen LogP contribution in [0.5, 0.6) is 0 Å². The fraction of sp³-hybridized carbons (Fsp3) is 0.308. The molecule has 1 amide bonds. The van der Waals surface area contributed by atoms with Crippen molar-refractivity contribution in [1.29, 1.82) is 0 Å². The third-order valence-corrected chi connectivity index (χ3v) is 2.78. The third kappa shape index (κ3) is 2.30. The van der Waals surface area contributed by atoms with Crippen molar-refractivity contribution in [2.75, 3.05) is 0 Å². The van der Waals surface area contributed by atoms with Crippen LogP contribution >= 0.6 is 0 Å². The van der Waals surface area contributed by atoms with E-state index in [9.17, 15) is 9.18 Å². The van der Waals surface area contributed by atoms with Crippen LogP contribution in [0.2, 0.25) is 0 Å². The maximum Gasteiger partial charge on any atom is 0.251 e. The molecule has 2 nitrogen and oxygen atoms in total. The Morgan fingerprint density at radius 3 is 2.69 bits per heavy atom. The van der Waals surface area contributed by atoms with E-state index in [1.54, 1.807) is 6.92 Å². The predicted octanol–water partition coefficient (Wildman–Crippen LogP) is 2.58. The van der Waals surface area contributed by atoms with E-state index in [0.29, 0.717) is 11.1 Å². The highest BCUT2D eigenvalue weighted by molar-refractivity contribution is 5.95. The molecule has 1 aromatic carbocycles. The summed E-state index contributed by atoms with van der Waals surface area (Å²) in [7, 11) is 0. The number of rotatable bonds is 2. The number of amides is 1. The summed E-state index contributed by atoms with van der Waals surface area (Å²) in [5.41, 5.74) is 1.22. The highest BCUT2D eigenvalue weighted by atomic mass is 19.1. The van der Waals surface area contributed by atoms with E-state index >= 15 is 0 Å². The average Bonchev–Trinajstić information content (AvgIpc) is 2.70. The van der Waals surface area contributed by atoms with Crippen LogP contribution in [0, 0.1) is 12.7 Å². The van der Waals surface area contributed by atoms with Gasteiger partial charge in [0.05, 0.1) is 0 Å². The number of carbonyl (C=O) groups excluding carboxylic acids is 1. The Hall–Kier alpha value is -1.64. The summed E-state index contributed by atoms with van der Waals surface area (Å²) in [5, 5.41) is 2.93. The minimum absolute atomic E-state index is 0.119. The van der Waals surface area contributed by atoms with E-state index in [1.165, 1.54) is 18.2 Å². The lowest BCUT2D eigenvalue weighted by Crippen LogP contribution is -2.33. The van der Waals surface area contributed by atoms with Gasteiger partial charge in [-0.05, 0) is 43.5 Å². The fourth-order valence-corrected chi connectivity index (χ4v) is 1.88. The van der Waals surface area contributed by atoms with Gasteiger partial charge in [0.25, 0.3) is 5.91 Å². The molecule has 3 heteroatoms. The molecule has 1 aliphatic carbocycles. The highest BCUT2D eigenvalue weighted by Gasteiger charge is 2.15. The van der Waals surface area contributed by atoms with Crippen LogP contribution in [0.4, 0.5) is 4.39 Å². The first-order valence-corrected chi connectivity index (χ1v) is 5.39. The van der Waals surface area contributed by atoms with Gasteiger partial charge in [0.1, 0.15) is 5.82 Å². The normalized spacial score (nSPS) is 15.4. The summed E-state index contributed by atoms with van der Waals surface area (Å²) in [6.07, 6.45) is 5.88. The largest absolute Gasteiger partial charge is 0.349 e. The summed E-state index contributed by atoms with van der Waals surface area (Å²) < 4.78 is 12.9. The van der Waals surface area contributed by atoms with Crippen molar-refractivity contribution in [3.05, 3.63) is 47.3 Å². The number of nitrogens with one attached hydrogen (secondary N) is 1. The van der Waals surface area contributed by atoms with Gasteiger partial charge in [0.2, 0.25) is 0 Å². The number of benzene rings is 1. The Kier molecular flexibility index (Phi) is 3.04. The number of hydrogen-bond donors (Lipinski definition) is 1. The molecule has 1 N–H and O–H groups in total. The first-order chi connectivity index (χ1) is 7.66. The zero-order valence-corrected chi connectivity index (χ0v) is 9.16. The van der Waals surface area contributed by atoms with Crippen LogP contribution in [0.1, 0.15) is 28.8 Å². The summed E-state index contributed by atoms with van der Waals surface area (Å²) in [4.78, 5) is 11.9. The van der Waals surface area contributed by atoms with Crippen molar-refractivity contribution >= 4 is 5.91 Å². The first-order valence-electron chi connectivity index (χ1n) is 5.39. The quantitative estimate of drug-likeness (QED) is 0.761. The Bertz CT molecular complexity index is 432. The lowest BCUT2D eigenvalue weighted by atomic mass is 10.1. The number of halogens is 1. The van der Waals surface area contributed by atoms with Crippen molar-refractivity contribution in [2.45, 2.75) is 25.8 Å². The SMILES string of the molecule is Cc1cc(F)ccc1C(=O)NC1CC=CC1. The minimum atomic E-state index is -0.309. The zero-order valence-electron chi connectivity index (χ0n) is 9.16. The molecule has 1 aromatic rings. The van der Waals surface area contributed by atoms with Gasteiger partial charge in [-0.1, -0.05) is 12.2 Å². The van der Waals surface area contributed by atoms with E-state index in [0.717, 1.165) is 12.8 Å². The van der Waals surface area contributed by atoms with Crippen molar-refractivity contribution < 1.29 is 9.18 Å². The Balaban J connectivity index is 2.08. The van der Waals surface area contributed by atoms with Gasteiger partial charge >= 0.3 is 0 Å². The van der Waals surface area contributed by atoms with Crippen molar-refractivity contribution in [3.63, 3.8) is 0 Å².